The van der Waals surface area contributed by atoms with E-state index in [4.69, 9.17) is 0 Å². The van der Waals surface area contributed by atoms with Crippen molar-refractivity contribution in [2.24, 2.45) is 0 Å². The molecular weight excluding hydrogens is 264 g/mol. The van der Waals surface area contributed by atoms with Crippen LogP contribution >= 0.6 is 22.7 Å². The Balaban J connectivity index is 1.97. The molecule has 0 radical (unpaired) electrons. The molecule has 1 amide bonds. The van der Waals surface area contributed by atoms with Crippen molar-refractivity contribution in [3.8, 4) is 0 Å². The van der Waals surface area contributed by atoms with Gasteiger partial charge in [0, 0.05) is 22.4 Å². The Morgan fingerprint density at radius 3 is 2.78 bits per heavy atom. The van der Waals surface area contributed by atoms with E-state index in [1.807, 2.05) is 37.0 Å². The largest absolute Gasteiger partial charge is 0.350 e. The molecule has 2 aromatic heterocycles. The average molecular weight is 280 g/mol. The molecule has 18 heavy (non-hydrogen) atoms. The fraction of sp³-hybridized carbons (Fsp3) is 0.308. The number of hydrogen-bond acceptors (Lipinski definition) is 4. The van der Waals surface area contributed by atoms with Gasteiger partial charge in [-0.15, -0.1) is 11.3 Å². The first-order chi connectivity index (χ1) is 8.68. The van der Waals surface area contributed by atoms with E-state index in [0.717, 1.165) is 5.56 Å². The molecule has 5 heteroatoms. The first-order valence-electron chi connectivity index (χ1n) is 5.68. The van der Waals surface area contributed by atoms with E-state index >= 15 is 0 Å². The minimum Gasteiger partial charge on any atom is -0.350 e. The lowest BCUT2D eigenvalue weighted by molar-refractivity contribution is 0.0943. The van der Waals surface area contributed by atoms with E-state index in [0.29, 0.717) is 6.54 Å². The molecule has 2 heterocycles. The van der Waals surface area contributed by atoms with Crippen molar-refractivity contribution >= 4 is 28.6 Å². The number of hydrogen-bond donors (Lipinski definition) is 1. The van der Waals surface area contributed by atoms with Crippen molar-refractivity contribution in [2.45, 2.75) is 6.04 Å². The molecule has 0 spiro atoms. The third kappa shape index (κ3) is 3.19. The predicted octanol–water partition coefficient (Wildman–Crippen LogP) is 2.84. The first-order valence-corrected chi connectivity index (χ1v) is 7.51. The highest BCUT2D eigenvalue weighted by atomic mass is 32.1. The summed E-state index contributed by atoms with van der Waals surface area (Å²) in [4.78, 5) is 15.3. The number of likely N-dealkylation sites (N-methyl/N-ethyl adjacent to an activating group) is 1. The smallest absolute Gasteiger partial charge is 0.252 e. The Morgan fingerprint density at radius 2 is 2.22 bits per heavy atom. The van der Waals surface area contributed by atoms with Crippen LogP contribution in [0, 0.1) is 0 Å². The second-order valence-corrected chi connectivity index (χ2v) is 5.98. The van der Waals surface area contributed by atoms with Gasteiger partial charge in [0.25, 0.3) is 5.91 Å². The van der Waals surface area contributed by atoms with Crippen LogP contribution in [0.1, 0.15) is 21.3 Å². The van der Waals surface area contributed by atoms with Crippen molar-refractivity contribution < 1.29 is 4.79 Å². The maximum atomic E-state index is 11.9. The molecule has 0 aliphatic heterocycles. The Labute approximate surface area is 115 Å². The number of carbonyl (C=O) groups excluding carboxylic acids is 1. The molecule has 1 N–H and O–H groups in total. The van der Waals surface area contributed by atoms with Crippen LogP contribution < -0.4 is 5.32 Å². The number of nitrogens with one attached hydrogen (secondary N) is 1. The van der Waals surface area contributed by atoms with Gasteiger partial charge in [0.15, 0.2) is 0 Å². The van der Waals surface area contributed by atoms with Crippen molar-refractivity contribution in [1.82, 2.24) is 10.2 Å². The molecule has 0 saturated heterocycles. The summed E-state index contributed by atoms with van der Waals surface area (Å²) in [5.74, 6) is -0.000318. The van der Waals surface area contributed by atoms with E-state index < -0.39 is 0 Å². The van der Waals surface area contributed by atoms with E-state index in [1.165, 1.54) is 16.2 Å². The summed E-state index contributed by atoms with van der Waals surface area (Å²) < 4.78 is 0. The van der Waals surface area contributed by atoms with E-state index in [2.05, 4.69) is 21.7 Å². The van der Waals surface area contributed by atoms with Crippen LogP contribution in [-0.4, -0.2) is 31.4 Å². The number of nitrogens with zero attached hydrogens (tertiary/aromatic N) is 1. The van der Waals surface area contributed by atoms with Crippen molar-refractivity contribution in [1.29, 1.82) is 0 Å². The van der Waals surface area contributed by atoms with Gasteiger partial charge in [-0.1, -0.05) is 6.07 Å². The normalized spacial score (nSPS) is 12.6. The van der Waals surface area contributed by atoms with Crippen LogP contribution in [0.25, 0.3) is 0 Å². The molecule has 0 aliphatic rings. The SMILES string of the molecule is CN(C)C(CNC(=O)c1ccsc1)c1cccs1. The van der Waals surface area contributed by atoms with Crippen LogP contribution in [-0.2, 0) is 0 Å². The molecule has 1 unspecified atom stereocenters. The van der Waals surface area contributed by atoms with Crippen molar-refractivity contribution in [3.05, 3.63) is 44.8 Å². The molecule has 3 nitrogen and oxygen atoms in total. The zero-order valence-electron chi connectivity index (χ0n) is 10.4. The summed E-state index contributed by atoms with van der Waals surface area (Å²) in [5.41, 5.74) is 0.740. The van der Waals surface area contributed by atoms with Gasteiger partial charge in [0.05, 0.1) is 6.04 Å². The molecule has 0 bridgehead atoms. The maximum Gasteiger partial charge on any atom is 0.252 e. The third-order valence-electron chi connectivity index (χ3n) is 2.73. The first kappa shape index (κ1) is 13.3. The Hall–Kier alpha value is -1.17. The maximum absolute atomic E-state index is 11.9. The third-order valence-corrected chi connectivity index (χ3v) is 4.39. The van der Waals surface area contributed by atoms with Gasteiger partial charge in [-0.25, -0.2) is 0 Å². The second-order valence-electron chi connectivity index (χ2n) is 4.22. The summed E-state index contributed by atoms with van der Waals surface area (Å²) in [7, 11) is 4.06. The lowest BCUT2D eigenvalue weighted by Gasteiger charge is -2.23. The molecule has 1 atom stereocenters. The lowest BCUT2D eigenvalue weighted by atomic mass is 10.2. The van der Waals surface area contributed by atoms with Gasteiger partial charge >= 0.3 is 0 Å². The minimum atomic E-state index is -0.000318. The summed E-state index contributed by atoms with van der Waals surface area (Å²) in [6, 6.07) is 6.21. The number of thiophene rings is 2. The quantitative estimate of drug-likeness (QED) is 0.913. The molecule has 96 valence electrons. The van der Waals surface area contributed by atoms with E-state index in [9.17, 15) is 4.79 Å². The van der Waals surface area contributed by atoms with Gasteiger partial charge in [-0.3, -0.25) is 4.79 Å². The highest BCUT2D eigenvalue weighted by Gasteiger charge is 2.16. The van der Waals surface area contributed by atoms with Crippen molar-refractivity contribution in [3.63, 3.8) is 0 Å². The number of rotatable bonds is 5. The standard InChI is InChI=1S/C13H16N2OS2/c1-15(2)11(12-4-3-6-18-12)8-14-13(16)10-5-7-17-9-10/h3-7,9,11H,8H2,1-2H3,(H,14,16). The molecule has 0 aliphatic carbocycles. The number of amides is 1. The molecule has 2 aromatic rings. The molecule has 0 aromatic carbocycles. The summed E-state index contributed by atoms with van der Waals surface area (Å²) in [5, 5.41) is 8.83. The zero-order chi connectivity index (χ0) is 13.0. The Bertz CT molecular complexity index is 477. The van der Waals surface area contributed by atoms with Crippen molar-refractivity contribution in [2.75, 3.05) is 20.6 Å². The zero-order valence-corrected chi connectivity index (χ0v) is 12.1. The molecule has 0 saturated carbocycles. The average Bonchev–Trinajstić information content (AvgIpc) is 3.01. The molecule has 0 fully saturated rings. The van der Waals surface area contributed by atoms with Crippen LogP contribution in [0.15, 0.2) is 34.3 Å². The van der Waals surface area contributed by atoms with E-state index in [-0.39, 0.29) is 11.9 Å². The van der Waals surface area contributed by atoms with Gasteiger partial charge < -0.3 is 10.2 Å². The highest BCUT2D eigenvalue weighted by molar-refractivity contribution is 7.10. The predicted molar refractivity (Wildman–Crippen MR) is 77.4 cm³/mol. The van der Waals surface area contributed by atoms with Gasteiger partial charge in [-0.2, -0.15) is 11.3 Å². The van der Waals surface area contributed by atoms with Crippen LogP contribution in [0.3, 0.4) is 0 Å². The summed E-state index contributed by atoms with van der Waals surface area (Å²) >= 11 is 3.25. The molecule has 2 rings (SSSR count). The topological polar surface area (TPSA) is 32.3 Å². The molecular formula is C13H16N2OS2. The highest BCUT2D eigenvalue weighted by Crippen LogP contribution is 2.22. The fourth-order valence-corrected chi connectivity index (χ4v) is 3.26. The van der Waals surface area contributed by atoms with Crippen LogP contribution in [0.5, 0.6) is 0 Å². The van der Waals surface area contributed by atoms with Crippen LogP contribution in [0.2, 0.25) is 0 Å². The Kier molecular flexibility index (Phi) is 4.52. The van der Waals surface area contributed by atoms with Gasteiger partial charge in [0.1, 0.15) is 0 Å². The lowest BCUT2D eigenvalue weighted by Crippen LogP contribution is -2.34. The van der Waals surface area contributed by atoms with Crippen LogP contribution in [0.4, 0.5) is 0 Å². The van der Waals surface area contributed by atoms with E-state index in [1.54, 1.807) is 11.3 Å². The summed E-state index contributed by atoms with van der Waals surface area (Å²) in [6.45, 7) is 0.627. The summed E-state index contributed by atoms with van der Waals surface area (Å²) in [6.07, 6.45) is 0. The fourth-order valence-electron chi connectivity index (χ4n) is 1.70. The monoisotopic (exact) mass is 280 g/mol. The van der Waals surface area contributed by atoms with Gasteiger partial charge in [-0.05, 0) is 37.0 Å². The minimum absolute atomic E-state index is 0.000318. The Morgan fingerprint density at radius 1 is 1.39 bits per heavy atom. The number of carbonyl (C=O) groups is 1. The van der Waals surface area contributed by atoms with Gasteiger partial charge in [0.2, 0.25) is 0 Å². The second kappa shape index (κ2) is 6.13.